The van der Waals surface area contributed by atoms with Crippen molar-refractivity contribution in [1.29, 1.82) is 0 Å². The van der Waals surface area contributed by atoms with E-state index in [4.69, 9.17) is 4.42 Å². The zero-order chi connectivity index (χ0) is 13.1. The second-order valence-electron chi connectivity index (χ2n) is 4.69. The topological polar surface area (TPSA) is 53.9 Å². The fraction of sp³-hybridized carbons (Fsp3) is 0.500. The van der Waals surface area contributed by atoms with Gasteiger partial charge < -0.3 is 14.7 Å². The van der Waals surface area contributed by atoms with Gasteiger partial charge in [0, 0.05) is 24.0 Å². The smallest absolute Gasteiger partial charge is 0.123 e. The Kier molecular flexibility index (Phi) is 3.87. The molecule has 0 aliphatic heterocycles. The van der Waals surface area contributed by atoms with Crippen molar-refractivity contribution in [2.24, 2.45) is 0 Å². The lowest BCUT2D eigenvalue weighted by atomic mass is 10.1. The first-order valence-electron chi connectivity index (χ1n) is 6.44. The highest BCUT2D eigenvalue weighted by Crippen LogP contribution is 2.24. The van der Waals surface area contributed by atoms with Crippen LogP contribution in [0.3, 0.4) is 0 Å². The number of aromatic nitrogens is 2. The molecule has 18 heavy (non-hydrogen) atoms. The van der Waals surface area contributed by atoms with E-state index in [9.17, 15) is 0 Å². The molecule has 2 atom stereocenters. The normalized spacial score (nSPS) is 14.7. The van der Waals surface area contributed by atoms with E-state index in [-0.39, 0.29) is 12.1 Å². The SMILES string of the molecule is CCC(NC(C)c1cc(C)oc1C)c1ncc[nH]1. The van der Waals surface area contributed by atoms with Gasteiger partial charge in [0.25, 0.3) is 0 Å². The molecule has 0 bridgehead atoms. The van der Waals surface area contributed by atoms with Crippen LogP contribution in [0.15, 0.2) is 22.9 Å². The van der Waals surface area contributed by atoms with E-state index in [0.29, 0.717) is 0 Å². The van der Waals surface area contributed by atoms with E-state index in [2.05, 4.69) is 35.2 Å². The summed E-state index contributed by atoms with van der Waals surface area (Å²) in [6, 6.07) is 2.59. The highest BCUT2D eigenvalue weighted by atomic mass is 16.3. The molecule has 0 aromatic carbocycles. The Balaban J connectivity index is 2.10. The van der Waals surface area contributed by atoms with Crippen molar-refractivity contribution in [3.05, 3.63) is 41.4 Å². The molecule has 2 heterocycles. The van der Waals surface area contributed by atoms with Crippen molar-refractivity contribution in [1.82, 2.24) is 15.3 Å². The van der Waals surface area contributed by atoms with Crippen LogP contribution in [0.2, 0.25) is 0 Å². The van der Waals surface area contributed by atoms with Crippen LogP contribution in [0, 0.1) is 13.8 Å². The molecule has 2 rings (SSSR count). The predicted molar refractivity (Wildman–Crippen MR) is 71.4 cm³/mol. The van der Waals surface area contributed by atoms with Crippen LogP contribution >= 0.6 is 0 Å². The van der Waals surface area contributed by atoms with Crippen LogP contribution < -0.4 is 5.32 Å². The molecule has 2 aromatic heterocycles. The van der Waals surface area contributed by atoms with Gasteiger partial charge in [0.05, 0.1) is 6.04 Å². The molecule has 2 unspecified atom stereocenters. The first kappa shape index (κ1) is 12.9. The van der Waals surface area contributed by atoms with Crippen molar-refractivity contribution in [3.63, 3.8) is 0 Å². The average Bonchev–Trinajstić information content (AvgIpc) is 2.95. The summed E-state index contributed by atoms with van der Waals surface area (Å²) in [6.45, 7) is 8.30. The Morgan fingerprint density at radius 3 is 2.72 bits per heavy atom. The molecule has 0 aliphatic carbocycles. The standard InChI is InChI=1S/C14H21N3O/c1-5-13(14-15-6-7-16-14)17-10(3)12-8-9(2)18-11(12)4/h6-8,10,13,17H,5H2,1-4H3,(H,15,16). The zero-order valence-electron chi connectivity index (χ0n) is 11.4. The molecule has 0 spiro atoms. The van der Waals surface area contributed by atoms with E-state index in [1.165, 1.54) is 5.56 Å². The summed E-state index contributed by atoms with van der Waals surface area (Å²) in [7, 11) is 0. The minimum absolute atomic E-state index is 0.240. The molecule has 2 aromatic rings. The average molecular weight is 247 g/mol. The van der Waals surface area contributed by atoms with Crippen LogP contribution in [0.25, 0.3) is 0 Å². The molecule has 4 heteroatoms. The summed E-state index contributed by atoms with van der Waals surface area (Å²) in [5, 5.41) is 3.59. The van der Waals surface area contributed by atoms with Crippen molar-refractivity contribution in [2.45, 2.75) is 46.2 Å². The lowest BCUT2D eigenvalue weighted by Gasteiger charge is -2.20. The molecule has 0 aliphatic rings. The van der Waals surface area contributed by atoms with Crippen LogP contribution in [0.1, 0.15) is 55.3 Å². The minimum Gasteiger partial charge on any atom is -0.466 e. The highest BCUT2D eigenvalue weighted by Gasteiger charge is 2.18. The molecule has 0 saturated carbocycles. The maximum atomic E-state index is 5.58. The fourth-order valence-corrected chi connectivity index (χ4v) is 2.33. The fourth-order valence-electron chi connectivity index (χ4n) is 2.33. The maximum absolute atomic E-state index is 5.58. The molecule has 0 radical (unpaired) electrons. The first-order valence-corrected chi connectivity index (χ1v) is 6.44. The lowest BCUT2D eigenvalue weighted by molar-refractivity contribution is 0.432. The summed E-state index contributed by atoms with van der Waals surface area (Å²) < 4.78 is 5.58. The second kappa shape index (κ2) is 5.40. The molecule has 2 N–H and O–H groups in total. The van der Waals surface area contributed by atoms with E-state index in [1.54, 1.807) is 6.20 Å². The largest absolute Gasteiger partial charge is 0.466 e. The van der Waals surface area contributed by atoms with Gasteiger partial charge in [-0.1, -0.05) is 6.92 Å². The number of hydrogen-bond acceptors (Lipinski definition) is 3. The number of nitrogens with one attached hydrogen (secondary N) is 2. The van der Waals surface area contributed by atoms with Crippen LogP contribution in [-0.4, -0.2) is 9.97 Å². The van der Waals surface area contributed by atoms with Crippen molar-refractivity contribution in [2.75, 3.05) is 0 Å². The third kappa shape index (κ3) is 2.64. The molecule has 0 fully saturated rings. The van der Waals surface area contributed by atoms with Gasteiger partial charge in [0.1, 0.15) is 17.3 Å². The number of hydrogen-bond donors (Lipinski definition) is 2. The summed E-state index contributed by atoms with van der Waals surface area (Å²) in [4.78, 5) is 7.49. The van der Waals surface area contributed by atoms with Gasteiger partial charge >= 0.3 is 0 Å². The van der Waals surface area contributed by atoms with E-state index >= 15 is 0 Å². The monoisotopic (exact) mass is 247 g/mol. The van der Waals surface area contributed by atoms with Gasteiger partial charge in [-0.2, -0.15) is 0 Å². The maximum Gasteiger partial charge on any atom is 0.123 e. The van der Waals surface area contributed by atoms with Gasteiger partial charge in [-0.15, -0.1) is 0 Å². The Bertz CT molecular complexity index is 487. The van der Waals surface area contributed by atoms with Gasteiger partial charge in [0.2, 0.25) is 0 Å². The molecule has 0 saturated heterocycles. The third-order valence-electron chi connectivity index (χ3n) is 3.25. The summed E-state index contributed by atoms with van der Waals surface area (Å²) in [5.41, 5.74) is 1.22. The summed E-state index contributed by atoms with van der Waals surface area (Å²) in [6.07, 6.45) is 4.64. The molecular formula is C14H21N3O. The van der Waals surface area contributed by atoms with Crippen molar-refractivity contribution in [3.8, 4) is 0 Å². The quantitative estimate of drug-likeness (QED) is 0.851. The highest BCUT2D eigenvalue weighted by molar-refractivity contribution is 5.23. The van der Waals surface area contributed by atoms with Crippen molar-refractivity contribution >= 4 is 0 Å². The molecule has 0 amide bonds. The zero-order valence-corrected chi connectivity index (χ0v) is 11.4. The number of aryl methyl sites for hydroxylation is 2. The van der Waals surface area contributed by atoms with Crippen LogP contribution in [0.5, 0.6) is 0 Å². The van der Waals surface area contributed by atoms with E-state index in [0.717, 1.165) is 23.8 Å². The number of furan rings is 1. The molecule has 4 nitrogen and oxygen atoms in total. The van der Waals surface area contributed by atoms with Crippen LogP contribution in [0.4, 0.5) is 0 Å². The van der Waals surface area contributed by atoms with Gasteiger partial charge in [-0.05, 0) is 33.3 Å². The molecular weight excluding hydrogens is 226 g/mol. The first-order chi connectivity index (χ1) is 8.61. The number of H-pyrrole nitrogens is 1. The Morgan fingerprint density at radius 1 is 1.44 bits per heavy atom. The summed E-state index contributed by atoms with van der Waals surface area (Å²) in [5.74, 6) is 2.94. The molecule has 98 valence electrons. The minimum atomic E-state index is 0.240. The number of aromatic amines is 1. The number of rotatable bonds is 5. The van der Waals surface area contributed by atoms with Gasteiger partial charge in [-0.3, -0.25) is 0 Å². The van der Waals surface area contributed by atoms with E-state index in [1.807, 2.05) is 20.0 Å². The van der Waals surface area contributed by atoms with E-state index < -0.39 is 0 Å². The Hall–Kier alpha value is -1.55. The number of nitrogens with zero attached hydrogens (tertiary/aromatic N) is 1. The Morgan fingerprint density at radius 2 is 2.22 bits per heavy atom. The Labute approximate surface area is 108 Å². The lowest BCUT2D eigenvalue weighted by Crippen LogP contribution is -2.25. The van der Waals surface area contributed by atoms with Crippen LogP contribution in [-0.2, 0) is 0 Å². The second-order valence-corrected chi connectivity index (χ2v) is 4.69. The number of imidazole rings is 1. The third-order valence-corrected chi connectivity index (χ3v) is 3.25. The van der Waals surface area contributed by atoms with Gasteiger partial charge in [0.15, 0.2) is 0 Å². The summed E-state index contributed by atoms with van der Waals surface area (Å²) >= 11 is 0. The van der Waals surface area contributed by atoms with Gasteiger partial charge in [-0.25, -0.2) is 4.98 Å². The van der Waals surface area contributed by atoms with Crippen molar-refractivity contribution < 1.29 is 4.42 Å². The predicted octanol–water partition coefficient (Wildman–Crippen LogP) is 3.42.